The lowest BCUT2D eigenvalue weighted by Crippen LogP contribution is -2.58. The van der Waals surface area contributed by atoms with Crippen molar-refractivity contribution in [2.75, 3.05) is 37.8 Å². The fourth-order valence-corrected chi connectivity index (χ4v) is 6.42. The van der Waals surface area contributed by atoms with E-state index in [4.69, 9.17) is 15.6 Å². The number of hydrogen-bond acceptors (Lipinski definition) is 8. The number of carboxylic acids is 1. The van der Waals surface area contributed by atoms with Gasteiger partial charge in [0, 0.05) is 37.4 Å². The second kappa shape index (κ2) is 15.7. The van der Waals surface area contributed by atoms with Crippen LogP contribution < -0.4 is 16.3 Å². The number of alkyl halides is 3. The lowest BCUT2D eigenvalue weighted by molar-refractivity contribution is -0.192. The van der Waals surface area contributed by atoms with Gasteiger partial charge in [0.2, 0.25) is 5.91 Å². The van der Waals surface area contributed by atoms with Gasteiger partial charge in [0.05, 0.1) is 16.6 Å². The first-order valence-corrected chi connectivity index (χ1v) is 16.6. The molecular formula is C37H42F5N7O4. The maximum absolute atomic E-state index is 16.1. The number of aromatic nitrogens is 3. The van der Waals surface area contributed by atoms with Crippen LogP contribution in [0.1, 0.15) is 50.3 Å². The normalized spacial score (nSPS) is 16.2. The number of carboxylic acid groups (broad SMARTS) is 1. The third-order valence-electron chi connectivity index (χ3n) is 8.78. The van der Waals surface area contributed by atoms with Gasteiger partial charge >= 0.3 is 17.8 Å². The number of carbonyl (C=O) groups excluding carboxylic acids is 1. The average molecular weight is 744 g/mol. The van der Waals surface area contributed by atoms with Crippen molar-refractivity contribution in [2.24, 2.45) is 0 Å². The van der Waals surface area contributed by atoms with Crippen molar-refractivity contribution in [3.8, 4) is 16.9 Å². The molecular weight excluding hydrogens is 701 g/mol. The minimum Gasteiger partial charge on any atom is -0.475 e. The molecule has 0 bridgehead atoms. The van der Waals surface area contributed by atoms with Gasteiger partial charge < -0.3 is 25.5 Å². The van der Waals surface area contributed by atoms with Crippen LogP contribution in [-0.4, -0.2) is 86.8 Å². The van der Waals surface area contributed by atoms with Crippen LogP contribution in [0, 0.1) is 18.6 Å². The summed E-state index contributed by atoms with van der Waals surface area (Å²) in [5, 5.41) is 7.41. The molecule has 16 heteroatoms. The summed E-state index contributed by atoms with van der Waals surface area (Å²) in [5.74, 6) is -4.23. The zero-order chi connectivity index (χ0) is 39.7. The fourth-order valence-electron chi connectivity index (χ4n) is 6.42. The van der Waals surface area contributed by atoms with Crippen LogP contribution in [-0.2, 0) is 16.1 Å². The highest BCUT2D eigenvalue weighted by Gasteiger charge is 2.38. The summed E-state index contributed by atoms with van der Waals surface area (Å²) < 4.78 is 64.4. The number of nitrogen functional groups attached to an aromatic ring is 1. The Morgan fingerprint density at radius 3 is 2.26 bits per heavy atom. The summed E-state index contributed by atoms with van der Waals surface area (Å²) in [7, 11) is 3.98. The largest absolute Gasteiger partial charge is 0.490 e. The van der Waals surface area contributed by atoms with Crippen molar-refractivity contribution in [1.82, 2.24) is 24.3 Å². The molecule has 0 saturated carbocycles. The van der Waals surface area contributed by atoms with Crippen molar-refractivity contribution in [3.63, 3.8) is 0 Å². The number of fused-ring (bicyclic) bond motifs is 1. The van der Waals surface area contributed by atoms with Gasteiger partial charge in [-0.3, -0.25) is 4.79 Å². The molecule has 0 unspecified atom stereocenters. The number of anilines is 2. The Balaban J connectivity index is 0.000000815. The van der Waals surface area contributed by atoms with E-state index in [1.165, 1.54) is 34.9 Å². The van der Waals surface area contributed by atoms with Crippen LogP contribution in [0.2, 0.25) is 0 Å². The van der Waals surface area contributed by atoms with Gasteiger partial charge in [0.25, 0.3) is 0 Å². The quantitative estimate of drug-likeness (QED) is 0.132. The Kier molecular flexibility index (Phi) is 12.0. The molecule has 1 fully saturated rings. The van der Waals surface area contributed by atoms with E-state index in [1.54, 1.807) is 4.90 Å². The highest BCUT2D eigenvalue weighted by atomic mass is 19.4. The molecule has 2 aromatic carbocycles. The molecule has 1 aliphatic heterocycles. The number of aliphatic carboxylic acids is 1. The molecule has 2 aromatic heterocycles. The smallest absolute Gasteiger partial charge is 0.475 e. The van der Waals surface area contributed by atoms with Crippen molar-refractivity contribution < 1.29 is 36.6 Å². The SMILES string of the molecule is C=CC(=O)N1C[C@H](C)N(c2nc(=O)n(-c3c(C)cc(CN(C)C)cc3C(C)C)c3nc(-c4c(N)cccc4F)c(F)cc23)C[C@H]1C.O=C(O)C(F)(F)F. The number of rotatable bonds is 7. The van der Waals surface area contributed by atoms with E-state index in [9.17, 15) is 22.8 Å². The highest BCUT2D eigenvalue weighted by Crippen LogP contribution is 2.37. The minimum atomic E-state index is -5.08. The number of benzene rings is 2. The Morgan fingerprint density at radius 1 is 1.08 bits per heavy atom. The maximum Gasteiger partial charge on any atom is 0.490 e. The molecule has 5 rings (SSSR count). The van der Waals surface area contributed by atoms with Crippen LogP contribution in [0.5, 0.6) is 0 Å². The Morgan fingerprint density at radius 2 is 1.72 bits per heavy atom. The van der Waals surface area contributed by atoms with Gasteiger partial charge in [0.15, 0.2) is 11.5 Å². The van der Waals surface area contributed by atoms with E-state index < -0.39 is 29.5 Å². The number of halogens is 5. The minimum absolute atomic E-state index is 0.0101. The third kappa shape index (κ3) is 8.48. The van der Waals surface area contributed by atoms with Gasteiger partial charge in [-0.1, -0.05) is 38.6 Å². The van der Waals surface area contributed by atoms with Crippen molar-refractivity contribution >= 4 is 34.4 Å². The van der Waals surface area contributed by atoms with Gasteiger partial charge in [-0.25, -0.2) is 27.9 Å². The second-order valence-corrected chi connectivity index (χ2v) is 13.5. The first kappa shape index (κ1) is 40.4. The zero-order valence-electron chi connectivity index (χ0n) is 30.4. The fraction of sp³-hybridized carbons (Fsp3) is 0.378. The average Bonchev–Trinajstić information content (AvgIpc) is 3.05. The predicted molar refractivity (Wildman–Crippen MR) is 193 cm³/mol. The summed E-state index contributed by atoms with van der Waals surface area (Å²) in [5.41, 5.74) is 8.58. The van der Waals surface area contributed by atoms with Crippen molar-refractivity contribution in [3.05, 3.63) is 87.9 Å². The molecule has 2 atom stereocenters. The molecule has 1 aliphatic rings. The molecule has 0 spiro atoms. The van der Waals surface area contributed by atoms with E-state index in [1.807, 2.05) is 59.7 Å². The van der Waals surface area contributed by atoms with E-state index in [2.05, 4.69) is 27.5 Å². The molecule has 53 heavy (non-hydrogen) atoms. The number of nitrogens with zero attached hydrogens (tertiary/aromatic N) is 6. The van der Waals surface area contributed by atoms with Crippen LogP contribution >= 0.6 is 0 Å². The molecule has 3 N–H and O–H groups in total. The van der Waals surface area contributed by atoms with Crippen LogP contribution in [0.3, 0.4) is 0 Å². The topological polar surface area (TPSA) is 138 Å². The molecule has 1 amide bonds. The summed E-state index contributed by atoms with van der Waals surface area (Å²) in [6.45, 7) is 14.8. The zero-order valence-corrected chi connectivity index (χ0v) is 30.4. The predicted octanol–water partition coefficient (Wildman–Crippen LogP) is 6.05. The molecule has 3 heterocycles. The first-order valence-electron chi connectivity index (χ1n) is 16.6. The van der Waals surface area contributed by atoms with E-state index in [0.717, 1.165) is 16.7 Å². The molecule has 11 nitrogen and oxygen atoms in total. The van der Waals surface area contributed by atoms with Crippen LogP contribution in [0.25, 0.3) is 28.0 Å². The Hall–Kier alpha value is -5.38. The first-order chi connectivity index (χ1) is 24.7. The summed E-state index contributed by atoms with van der Waals surface area (Å²) in [4.78, 5) is 50.6. The number of nitrogens with two attached hydrogens (primary N) is 1. The highest BCUT2D eigenvalue weighted by molar-refractivity contribution is 5.92. The summed E-state index contributed by atoms with van der Waals surface area (Å²) in [6, 6.07) is 8.95. The van der Waals surface area contributed by atoms with E-state index in [-0.39, 0.29) is 57.7 Å². The third-order valence-corrected chi connectivity index (χ3v) is 8.78. The maximum atomic E-state index is 16.1. The number of aryl methyl sites for hydroxylation is 1. The van der Waals surface area contributed by atoms with Crippen LogP contribution in [0.4, 0.5) is 33.5 Å². The van der Waals surface area contributed by atoms with Gasteiger partial charge in [-0.15, -0.1) is 0 Å². The summed E-state index contributed by atoms with van der Waals surface area (Å²) in [6.07, 6.45) is -3.80. The molecule has 4 aromatic rings. The van der Waals surface area contributed by atoms with Gasteiger partial charge in [0.1, 0.15) is 17.3 Å². The van der Waals surface area contributed by atoms with Gasteiger partial charge in [-0.05, 0) is 81.7 Å². The number of amides is 1. The molecule has 0 aliphatic carbocycles. The monoisotopic (exact) mass is 743 g/mol. The molecule has 284 valence electrons. The second-order valence-electron chi connectivity index (χ2n) is 13.5. The van der Waals surface area contributed by atoms with E-state index >= 15 is 8.78 Å². The van der Waals surface area contributed by atoms with Crippen LogP contribution in [0.15, 0.2) is 53.8 Å². The lowest BCUT2D eigenvalue weighted by atomic mass is 9.94. The Labute approximate surface area is 303 Å². The number of piperazine rings is 1. The number of carbonyl (C=O) groups is 2. The molecule has 1 saturated heterocycles. The Bertz CT molecular complexity index is 2100. The lowest BCUT2D eigenvalue weighted by Gasteiger charge is -2.44. The standard InChI is InChI=1S/C35H41F2N7O2.C2HF3O2/c1-9-29(45)42-16-22(6)43(17-21(42)5)33-25-15-27(37)31(30-26(36)11-10-12-28(30)38)39-34(25)44(35(46)40-33)32-20(4)13-23(18-41(7)8)14-24(32)19(2)3;3-2(4,5)1(6)7/h9-15,19,21-22H,1,16-18,38H2,2-8H3;(H,6,7)/t21-,22+;/m1./s1. The summed E-state index contributed by atoms with van der Waals surface area (Å²) >= 11 is 0. The van der Waals surface area contributed by atoms with Crippen molar-refractivity contribution in [2.45, 2.75) is 65.3 Å². The van der Waals surface area contributed by atoms with Gasteiger partial charge in [-0.2, -0.15) is 18.2 Å². The van der Waals surface area contributed by atoms with E-state index in [0.29, 0.717) is 25.3 Å². The van der Waals surface area contributed by atoms with Crippen molar-refractivity contribution in [1.29, 1.82) is 0 Å². The number of pyridine rings is 1. The molecule has 0 radical (unpaired) electrons. The number of hydrogen-bond donors (Lipinski definition) is 2.